The lowest BCUT2D eigenvalue weighted by Gasteiger charge is -2.57. The van der Waals surface area contributed by atoms with Crippen LogP contribution in [0.15, 0.2) is 23.8 Å². The van der Waals surface area contributed by atoms with Gasteiger partial charge in [-0.25, -0.2) is 0 Å². The SMILES string of the molecule is C[C@@H]1CC[C@@]2(NC1)O[C@H]1C[C@@H]3[C@@H]4CC=C5C=CCC[C@]5(C)[C@@H]4CC[C@]3(C)[C@H]1[C@@H]2C. The summed E-state index contributed by atoms with van der Waals surface area (Å²) in [7, 11) is 0. The molecule has 10 atom stereocenters. The van der Waals surface area contributed by atoms with Crippen molar-refractivity contribution in [2.45, 2.75) is 90.9 Å². The molecular weight excluding hydrogens is 354 g/mol. The zero-order valence-electron chi connectivity index (χ0n) is 19.0. The highest BCUT2D eigenvalue weighted by atomic mass is 16.5. The molecular formula is C27H41NO. The van der Waals surface area contributed by atoms with Crippen molar-refractivity contribution < 1.29 is 4.74 Å². The molecule has 2 aliphatic heterocycles. The molecule has 0 aromatic heterocycles. The van der Waals surface area contributed by atoms with Crippen molar-refractivity contribution in [2.24, 2.45) is 46.3 Å². The molecule has 2 saturated heterocycles. The van der Waals surface area contributed by atoms with Crippen LogP contribution in [-0.2, 0) is 4.74 Å². The Balaban J connectivity index is 1.30. The molecule has 2 saturated carbocycles. The van der Waals surface area contributed by atoms with Gasteiger partial charge in [0.25, 0.3) is 0 Å². The van der Waals surface area contributed by atoms with Gasteiger partial charge in [0.1, 0.15) is 5.72 Å². The Morgan fingerprint density at radius 3 is 2.72 bits per heavy atom. The summed E-state index contributed by atoms with van der Waals surface area (Å²) < 4.78 is 7.01. The minimum Gasteiger partial charge on any atom is -0.357 e. The van der Waals surface area contributed by atoms with Crippen LogP contribution in [0.25, 0.3) is 0 Å². The summed E-state index contributed by atoms with van der Waals surface area (Å²) in [5, 5.41) is 3.90. The quantitative estimate of drug-likeness (QED) is 0.536. The molecule has 0 bridgehead atoms. The van der Waals surface area contributed by atoms with Crippen LogP contribution in [0.3, 0.4) is 0 Å². The van der Waals surface area contributed by atoms with E-state index in [1.165, 1.54) is 51.4 Å². The lowest BCUT2D eigenvalue weighted by Crippen LogP contribution is -2.56. The average molecular weight is 396 g/mol. The molecule has 0 aromatic carbocycles. The predicted molar refractivity (Wildman–Crippen MR) is 118 cm³/mol. The number of hydrogen-bond donors (Lipinski definition) is 1. The number of ether oxygens (including phenoxy) is 1. The second-order valence-corrected chi connectivity index (χ2v) is 12.3. The Labute approximate surface area is 177 Å². The molecule has 160 valence electrons. The summed E-state index contributed by atoms with van der Waals surface area (Å²) in [6.45, 7) is 11.3. The maximum atomic E-state index is 7.01. The first-order chi connectivity index (χ1) is 13.9. The van der Waals surface area contributed by atoms with Gasteiger partial charge in [0.05, 0.1) is 6.10 Å². The van der Waals surface area contributed by atoms with Crippen LogP contribution >= 0.6 is 0 Å². The smallest absolute Gasteiger partial charge is 0.122 e. The first kappa shape index (κ1) is 19.1. The molecule has 6 aliphatic rings. The maximum absolute atomic E-state index is 7.01. The third-order valence-electron chi connectivity index (χ3n) is 11.1. The summed E-state index contributed by atoms with van der Waals surface area (Å²) in [5.74, 6) is 4.82. The number of piperidine rings is 1. The van der Waals surface area contributed by atoms with Crippen LogP contribution in [0, 0.1) is 46.3 Å². The Bertz CT molecular complexity index is 746. The molecule has 6 rings (SSSR count). The van der Waals surface area contributed by atoms with E-state index in [9.17, 15) is 0 Å². The van der Waals surface area contributed by atoms with E-state index < -0.39 is 0 Å². The molecule has 4 fully saturated rings. The third kappa shape index (κ3) is 2.42. The minimum absolute atomic E-state index is 0.0214. The van der Waals surface area contributed by atoms with Crippen molar-refractivity contribution in [3.8, 4) is 0 Å². The van der Waals surface area contributed by atoms with Gasteiger partial charge in [0.2, 0.25) is 0 Å². The summed E-state index contributed by atoms with van der Waals surface area (Å²) in [6, 6.07) is 0. The van der Waals surface area contributed by atoms with Crippen LogP contribution in [-0.4, -0.2) is 18.4 Å². The Morgan fingerprint density at radius 1 is 1.07 bits per heavy atom. The van der Waals surface area contributed by atoms with Gasteiger partial charge < -0.3 is 4.74 Å². The van der Waals surface area contributed by atoms with E-state index in [0.29, 0.717) is 22.9 Å². The van der Waals surface area contributed by atoms with E-state index in [1.54, 1.807) is 5.57 Å². The first-order valence-corrected chi connectivity index (χ1v) is 12.7. The topological polar surface area (TPSA) is 21.3 Å². The van der Waals surface area contributed by atoms with Crippen molar-refractivity contribution in [1.29, 1.82) is 0 Å². The Hall–Kier alpha value is -0.600. The summed E-state index contributed by atoms with van der Waals surface area (Å²) in [6.07, 6.45) is 18.7. The molecule has 2 nitrogen and oxygen atoms in total. The van der Waals surface area contributed by atoms with E-state index in [2.05, 4.69) is 51.2 Å². The lowest BCUT2D eigenvalue weighted by molar-refractivity contribution is -0.114. The number of hydrogen-bond acceptors (Lipinski definition) is 2. The highest BCUT2D eigenvalue weighted by molar-refractivity contribution is 5.34. The number of fused-ring (bicyclic) bond motifs is 7. The van der Waals surface area contributed by atoms with Crippen LogP contribution < -0.4 is 5.32 Å². The molecule has 1 N–H and O–H groups in total. The number of rotatable bonds is 0. The van der Waals surface area contributed by atoms with Crippen molar-refractivity contribution in [3.63, 3.8) is 0 Å². The van der Waals surface area contributed by atoms with E-state index in [1.807, 2.05) is 0 Å². The molecule has 0 radical (unpaired) electrons. The van der Waals surface area contributed by atoms with Gasteiger partial charge >= 0.3 is 0 Å². The van der Waals surface area contributed by atoms with Gasteiger partial charge in [-0.05, 0) is 97.4 Å². The number of nitrogens with one attached hydrogen (secondary N) is 1. The zero-order chi connectivity index (χ0) is 20.0. The Kier molecular flexibility index (Phi) is 4.10. The highest BCUT2D eigenvalue weighted by Crippen LogP contribution is 2.69. The molecule has 0 aromatic rings. The molecule has 2 heterocycles. The standard InChI is InChI=1S/C27H41NO/c1-17-10-14-27(28-16-17)18(2)24-23(29-27)15-22-20-9-8-19-7-5-6-12-25(19,3)21(20)11-13-26(22,24)4/h5,7-8,17-18,20-24,28H,6,9-16H2,1-4H3/t17-,18+,20-,21-,22-,23+,24+,25+,26+,27-/m1/s1. The van der Waals surface area contributed by atoms with Crippen molar-refractivity contribution in [1.82, 2.24) is 5.32 Å². The second kappa shape index (κ2) is 6.22. The average Bonchev–Trinajstić information content (AvgIpc) is 3.15. The first-order valence-electron chi connectivity index (χ1n) is 12.7. The van der Waals surface area contributed by atoms with E-state index >= 15 is 0 Å². The largest absolute Gasteiger partial charge is 0.357 e. The zero-order valence-corrected chi connectivity index (χ0v) is 19.0. The third-order valence-corrected chi connectivity index (χ3v) is 11.1. The molecule has 4 aliphatic carbocycles. The molecule has 2 heteroatoms. The summed E-state index contributed by atoms with van der Waals surface area (Å²) in [4.78, 5) is 0. The molecule has 0 unspecified atom stereocenters. The lowest BCUT2D eigenvalue weighted by atomic mass is 9.47. The van der Waals surface area contributed by atoms with Gasteiger partial charge in [-0.1, -0.05) is 45.9 Å². The second-order valence-electron chi connectivity index (χ2n) is 12.3. The van der Waals surface area contributed by atoms with Crippen LogP contribution in [0.4, 0.5) is 0 Å². The van der Waals surface area contributed by atoms with E-state index in [0.717, 1.165) is 36.1 Å². The summed E-state index contributed by atoms with van der Waals surface area (Å²) >= 11 is 0. The van der Waals surface area contributed by atoms with Gasteiger partial charge in [-0.15, -0.1) is 0 Å². The fourth-order valence-electron chi connectivity index (χ4n) is 9.50. The molecule has 0 amide bonds. The molecule has 1 spiro atoms. The van der Waals surface area contributed by atoms with Crippen LogP contribution in [0.2, 0.25) is 0 Å². The Morgan fingerprint density at radius 2 is 1.93 bits per heavy atom. The molecule has 29 heavy (non-hydrogen) atoms. The van der Waals surface area contributed by atoms with Crippen molar-refractivity contribution in [2.75, 3.05) is 6.54 Å². The van der Waals surface area contributed by atoms with E-state index in [-0.39, 0.29) is 5.72 Å². The normalized spacial score (nSPS) is 58.3. The van der Waals surface area contributed by atoms with Crippen LogP contribution in [0.5, 0.6) is 0 Å². The van der Waals surface area contributed by atoms with Gasteiger partial charge in [0.15, 0.2) is 0 Å². The minimum atomic E-state index is -0.0214. The van der Waals surface area contributed by atoms with Crippen LogP contribution in [0.1, 0.15) is 79.1 Å². The summed E-state index contributed by atoms with van der Waals surface area (Å²) in [5.41, 5.74) is 2.56. The van der Waals surface area contributed by atoms with Gasteiger partial charge in [-0.2, -0.15) is 0 Å². The van der Waals surface area contributed by atoms with E-state index in [4.69, 9.17) is 4.74 Å². The fourth-order valence-corrected chi connectivity index (χ4v) is 9.50. The highest BCUT2D eigenvalue weighted by Gasteiger charge is 2.67. The maximum Gasteiger partial charge on any atom is 0.122 e. The van der Waals surface area contributed by atoms with Gasteiger partial charge in [0, 0.05) is 12.5 Å². The van der Waals surface area contributed by atoms with Crippen molar-refractivity contribution >= 4 is 0 Å². The fraction of sp³-hybridized carbons (Fsp3) is 0.852. The number of allylic oxidation sites excluding steroid dienone is 4. The van der Waals surface area contributed by atoms with Crippen molar-refractivity contribution in [3.05, 3.63) is 23.8 Å². The van der Waals surface area contributed by atoms with Gasteiger partial charge in [-0.3, -0.25) is 5.32 Å². The monoisotopic (exact) mass is 395 g/mol. The predicted octanol–water partition coefficient (Wildman–Crippen LogP) is 6.09.